The summed E-state index contributed by atoms with van der Waals surface area (Å²) < 4.78 is 0. The van der Waals surface area contributed by atoms with Crippen LogP contribution in [0.4, 0.5) is 0 Å². The fourth-order valence-corrected chi connectivity index (χ4v) is 1.56. The van der Waals surface area contributed by atoms with Gasteiger partial charge in [-0.3, -0.25) is 14.5 Å². The van der Waals surface area contributed by atoms with Gasteiger partial charge in [-0.15, -0.1) is 0 Å². The highest BCUT2D eigenvalue weighted by Crippen LogP contribution is 2.18. The van der Waals surface area contributed by atoms with Gasteiger partial charge in [0.05, 0.1) is 5.70 Å². The highest BCUT2D eigenvalue weighted by molar-refractivity contribution is 6.01. The zero-order valence-electron chi connectivity index (χ0n) is 9.78. The number of aryl methyl sites for hydroxylation is 1. The molecule has 0 saturated carbocycles. The summed E-state index contributed by atoms with van der Waals surface area (Å²) in [4.78, 5) is 23.7. The van der Waals surface area contributed by atoms with E-state index >= 15 is 0 Å². The van der Waals surface area contributed by atoms with E-state index in [4.69, 9.17) is 0 Å². The third-order valence-electron chi connectivity index (χ3n) is 2.25. The number of carbonyl (C=O) groups is 2. The second kappa shape index (κ2) is 4.75. The first-order valence-corrected chi connectivity index (χ1v) is 5.00. The van der Waals surface area contributed by atoms with E-state index in [0.29, 0.717) is 5.70 Å². The van der Waals surface area contributed by atoms with Crippen molar-refractivity contribution < 1.29 is 9.59 Å². The zero-order chi connectivity index (χ0) is 12.3. The van der Waals surface area contributed by atoms with Crippen molar-refractivity contribution in [3.63, 3.8) is 0 Å². The lowest BCUT2D eigenvalue weighted by Crippen LogP contribution is -2.31. The molecule has 0 aliphatic heterocycles. The molecular formula is C13H15NO2. The van der Waals surface area contributed by atoms with E-state index in [2.05, 4.69) is 6.58 Å². The van der Waals surface area contributed by atoms with Crippen molar-refractivity contribution in [3.05, 3.63) is 42.0 Å². The average molecular weight is 217 g/mol. The van der Waals surface area contributed by atoms with Crippen molar-refractivity contribution in [2.24, 2.45) is 0 Å². The molecule has 0 radical (unpaired) electrons. The van der Waals surface area contributed by atoms with Crippen molar-refractivity contribution in [1.82, 2.24) is 4.90 Å². The predicted molar refractivity (Wildman–Crippen MR) is 63.4 cm³/mol. The van der Waals surface area contributed by atoms with Gasteiger partial charge in [0, 0.05) is 13.8 Å². The van der Waals surface area contributed by atoms with Crippen molar-refractivity contribution in [2.45, 2.75) is 20.8 Å². The smallest absolute Gasteiger partial charge is 0.230 e. The molecule has 1 aromatic rings. The molecule has 84 valence electrons. The number of hydrogen-bond donors (Lipinski definition) is 0. The lowest BCUT2D eigenvalue weighted by molar-refractivity contribution is -0.137. The van der Waals surface area contributed by atoms with Crippen LogP contribution < -0.4 is 0 Å². The Kier molecular flexibility index (Phi) is 3.61. The summed E-state index contributed by atoms with van der Waals surface area (Å²) in [6, 6.07) is 7.53. The second-order valence-corrected chi connectivity index (χ2v) is 3.69. The highest BCUT2D eigenvalue weighted by Gasteiger charge is 2.18. The quantitative estimate of drug-likeness (QED) is 0.762. The Morgan fingerprint density at radius 3 is 2.19 bits per heavy atom. The van der Waals surface area contributed by atoms with Gasteiger partial charge in [-0.1, -0.05) is 30.3 Å². The lowest BCUT2D eigenvalue weighted by atomic mass is 10.1. The van der Waals surface area contributed by atoms with E-state index in [9.17, 15) is 9.59 Å². The molecule has 0 aliphatic carbocycles. The molecule has 0 saturated heterocycles. The summed E-state index contributed by atoms with van der Waals surface area (Å²) in [6.45, 7) is 8.44. The Morgan fingerprint density at radius 2 is 1.75 bits per heavy atom. The van der Waals surface area contributed by atoms with Crippen LogP contribution in [0.15, 0.2) is 30.8 Å². The van der Waals surface area contributed by atoms with Crippen molar-refractivity contribution in [3.8, 4) is 0 Å². The van der Waals surface area contributed by atoms with E-state index in [0.717, 1.165) is 16.0 Å². The summed E-state index contributed by atoms with van der Waals surface area (Å²) in [6.07, 6.45) is 0. The minimum absolute atomic E-state index is 0.320. The van der Waals surface area contributed by atoms with Crippen LogP contribution in [0.3, 0.4) is 0 Å². The number of rotatable bonds is 2. The summed E-state index contributed by atoms with van der Waals surface area (Å²) in [5.41, 5.74) is 2.26. The monoisotopic (exact) mass is 217 g/mol. The molecule has 0 atom stereocenters. The Bertz CT molecular complexity index is 435. The van der Waals surface area contributed by atoms with Crippen molar-refractivity contribution in [2.75, 3.05) is 0 Å². The van der Waals surface area contributed by atoms with Crippen LogP contribution in [-0.4, -0.2) is 16.7 Å². The molecule has 0 N–H and O–H groups in total. The maximum absolute atomic E-state index is 11.3. The Morgan fingerprint density at radius 1 is 1.19 bits per heavy atom. The van der Waals surface area contributed by atoms with Crippen molar-refractivity contribution >= 4 is 17.5 Å². The van der Waals surface area contributed by atoms with E-state index < -0.39 is 0 Å². The van der Waals surface area contributed by atoms with Gasteiger partial charge in [0.25, 0.3) is 0 Å². The predicted octanol–water partition coefficient (Wildman–Crippen LogP) is 2.36. The van der Waals surface area contributed by atoms with Gasteiger partial charge in [0.1, 0.15) is 0 Å². The van der Waals surface area contributed by atoms with E-state index in [1.54, 1.807) is 0 Å². The van der Waals surface area contributed by atoms with Crippen LogP contribution >= 0.6 is 0 Å². The number of nitrogens with zero attached hydrogens (tertiary/aromatic N) is 1. The van der Waals surface area contributed by atoms with Crippen LogP contribution in [0.25, 0.3) is 5.70 Å². The molecule has 0 fully saturated rings. The third kappa shape index (κ3) is 2.57. The van der Waals surface area contributed by atoms with Gasteiger partial charge in [-0.2, -0.15) is 0 Å². The minimum Gasteiger partial charge on any atom is -0.274 e. The van der Waals surface area contributed by atoms with Gasteiger partial charge in [-0.05, 0) is 18.6 Å². The molecular weight excluding hydrogens is 202 g/mol. The third-order valence-corrected chi connectivity index (χ3v) is 2.25. The van der Waals surface area contributed by atoms with Crippen LogP contribution in [0.5, 0.6) is 0 Å². The van der Waals surface area contributed by atoms with E-state index in [1.807, 2.05) is 31.2 Å². The van der Waals surface area contributed by atoms with Crippen LogP contribution in [0.1, 0.15) is 25.0 Å². The number of imide groups is 1. The van der Waals surface area contributed by atoms with Gasteiger partial charge in [0.2, 0.25) is 11.8 Å². The molecule has 1 rings (SSSR count). The molecule has 16 heavy (non-hydrogen) atoms. The van der Waals surface area contributed by atoms with Crippen LogP contribution in [0.2, 0.25) is 0 Å². The topological polar surface area (TPSA) is 37.4 Å². The molecule has 3 nitrogen and oxygen atoms in total. The maximum atomic E-state index is 11.3. The fourth-order valence-electron chi connectivity index (χ4n) is 1.56. The largest absolute Gasteiger partial charge is 0.274 e. The number of hydrogen-bond acceptors (Lipinski definition) is 2. The molecule has 0 aromatic heterocycles. The standard InChI is InChI=1S/C13H15NO2/c1-9-6-5-7-13(8-9)10(2)14(11(3)15)12(4)16/h5-8H,2H2,1,3-4H3. The molecule has 0 spiro atoms. The maximum Gasteiger partial charge on any atom is 0.230 e. The Labute approximate surface area is 95.4 Å². The van der Waals surface area contributed by atoms with Crippen LogP contribution in [0, 0.1) is 6.92 Å². The van der Waals surface area contributed by atoms with E-state index in [1.165, 1.54) is 13.8 Å². The molecule has 2 amide bonds. The summed E-state index contributed by atoms with van der Waals surface area (Å²) in [5.74, 6) is -0.641. The number of benzene rings is 1. The molecule has 0 aliphatic rings. The fraction of sp³-hybridized carbons (Fsp3) is 0.231. The van der Waals surface area contributed by atoms with E-state index in [-0.39, 0.29) is 11.8 Å². The molecule has 3 heteroatoms. The minimum atomic E-state index is -0.320. The van der Waals surface area contributed by atoms with Gasteiger partial charge in [0.15, 0.2) is 0 Å². The number of amides is 2. The average Bonchev–Trinajstić information content (AvgIpc) is 2.16. The van der Waals surface area contributed by atoms with Gasteiger partial charge in [-0.25, -0.2) is 0 Å². The van der Waals surface area contributed by atoms with Gasteiger partial charge < -0.3 is 0 Å². The highest BCUT2D eigenvalue weighted by atomic mass is 16.2. The Hall–Kier alpha value is -1.90. The molecule has 0 bridgehead atoms. The second-order valence-electron chi connectivity index (χ2n) is 3.69. The number of carbonyl (C=O) groups excluding carboxylic acids is 2. The first kappa shape index (κ1) is 12.2. The first-order valence-electron chi connectivity index (χ1n) is 5.00. The SMILES string of the molecule is C=C(c1cccc(C)c1)N(C(C)=O)C(C)=O. The summed E-state index contributed by atoms with van der Waals surface area (Å²) in [5, 5.41) is 0. The molecule has 0 unspecified atom stereocenters. The summed E-state index contributed by atoms with van der Waals surface area (Å²) in [7, 11) is 0. The first-order chi connectivity index (χ1) is 7.43. The summed E-state index contributed by atoms with van der Waals surface area (Å²) >= 11 is 0. The normalized spacial score (nSPS) is 9.69. The molecule has 0 heterocycles. The lowest BCUT2D eigenvalue weighted by Gasteiger charge is -2.20. The Balaban J connectivity index is 3.09. The molecule has 1 aromatic carbocycles. The van der Waals surface area contributed by atoms with Gasteiger partial charge >= 0.3 is 0 Å². The van der Waals surface area contributed by atoms with Crippen LogP contribution in [-0.2, 0) is 9.59 Å². The zero-order valence-corrected chi connectivity index (χ0v) is 9.78. The van der Waals surface area contributed by atoms with Crippen molar-refractivity contribution in [1.29, 1.82) is 0 Å².